The van der Waals surface area contributed by atoms with Crippen LogP contribution in [0.5, 0.6) is 11.5 Å². The van der Waals surface area contributed by atoms with E-state index in [1.54, 1.807) is 32.5 Å². The van der Waals surface area contributed by atoms with Gasteiger partial charge in [0.05, 0.1) is 26.5 Å². The fraction of sp³-hybridized carbons (Fsp3) is 0.250. The summed E-state index contributed by atoms with van der Waals surface area (Å²) in [6.07, 6.45) is 1.76. The molecule has 6 heteroatoms. The van der Waals surface area contributed by atoms with Crippen molar-refractivity contribution < 1.29 is 9.47 Å². The highest BCUT2D eigenvalue weighted by atomic mass is 16.5. The minimum absolute atomic E-state index is 0.306. The number of anilines is 1. The third-order valence-electron chi connectivity index (χ3n) is 3.06. The molecule has 2 aromatic rings. The topological polar surface area (TPSA) is 81.8 Å². The van der Waals surface area contributed by atoms with Crippen LogP contribution in [-0.4, -0.2) is 25.2 Å². The van der Waals surface area contributed by atoms with Gasteiger partial charge in [0.25, 0.3) is 0 Å². The number of hydrogen-bond acceptors (Lipinski definition) is 4. The maximum absolute atomic E-state index is 5.93. The van der Waals surface area contributed by atoms with Gasteiger partial charge >= 0.3 is 0 Å². The maximum Gasteiger partial charge on any atom is 0.193 e. The number of nitrogens with one attached hydrogen (secondary N) is 1. The Kier molecular flexibility index (Phi) is 5.19. The van der Waals surface area contributed by atoms with Crippen LogP contribution in [0.1, 0.15) is 11.3 Å². The smallest absolute Gasteiger partial charge is 0.193 e. The van der Waals surface area contributed by atoms with E-state index < -0.39 is 0 Å². The Morgan fingerprint density at radius 1 is 1.23 bits per heavy atom. The Morgan fingerprint density at radius 3 is 2.73 bits per heavy atom. The zero-order valence-corrected chi connectivity index (χ0v) is 13.0. The molecule has 0 amide bonds. The number of hydrogen-bond donors (Lipinski definition) is 2. The number of ether oxygens (including phenoxy) is 2. The maximum atomic E-state index is 5.93. The van der Waals surface area contributed by atoms with E-state index in [0.29, 0.717) is 29.7 Å². The van der Waals surface area contributed by atoms with Crippen molar-refractivity contribution in [1.82, 2.24) is 4.98 Å². The zero-order valence-electron chi connectivity index (χ0n) is 13.0. The van der Waals surface area contributed by atoms with Crippen molar-refractivity contribution in [3.8, 4) is 11.5 Å². The van der Waals surface area contributed by atoms with Gasteiger partial charge in [0.1, 0.15) is 11.5 Å². The lowest BCUT2D eigenvalue weighted by atomic mass is 10.2. The number of aliphatic imine (C=N–C) groups is 1. The Labute approximate surface area is 130 Å². The van der Waals surface area contributed by atoms with Crippen LogP contribution in [0.4, 0.5) is 5.69 Å². The van der Waals surface area contributed by atoms with Crippen LogP contribution in [-0.2, 0) is 6.54 Å². The molecular formula is C16H20N4O2. The molecule has 6 nitrogen and oxygen atoms in total. The molecule has 0 unspecified atom stereocenters. The molecule has 2 rings (SSSR count). The molecule has 0 bridgehead atoms. The standard InChI is InChI=1S/C16H20N4O2/c1-11-8-12(6-7-18-11)10-19-16(17)20-14-9-13(21-2)4-5-15(14)22-3/h4-9H,10H2,1-3H3,(H3,17,19,20). The highest BCUT2D eigenvalue weighted by Crippen LogP contribution is 2.28. The van der Waals surface area contributed by atoms with Crippen molar-refractivity contribution >= 4 is 11.6 Å². The summed E-state index contributed by atoms with van der Waals surface area (Å²) in [5, 5.41) is 3.03. The number of nitrogens with two attached hydrogens (primary N) is 1. The summed E-state index contributed by atoms with van der Waals surface area (Å²) in [5.41, 5.74) is 8.64. The molecular weight excluding hydrogens is 280 g/mol. The number of rotatable bonds is 5. The first-order valence-corrected chi connectivity index (χ1v) is 6.83. The van der Waals surface area contributed by atoms with Crippen molar-refractivity contribution in [2.75, 3.05) is 19.5 Å². The average Bonchev–Trinajstić information content (AvgIpc) is 2.53. The summed E-state index contributed by atoms with van der Waals surface area (Å²) in [5.74, 6) is 1.68. The largest absolute Gasteiger partial charge is 0.497 e. The van der Waals surface area contributed by atoms with Gasteiger partial charge in [0.2, 0.25) is 0 Å². The van der Waals surface area contributed by atoms with Crippen LogP contribution in [0.3, 0.4) is 0 Å². The molecule has 1 aromatic heterocycles. The van der Waals surface area contributed by atoms with Gasteiger partial charge in [0, 0.05) is 18.0 Å². The minimum Gasteiger partial charge on any atom is -0.497 e. The predicted molar refractivity (Wildman–Crippen MR) is 87.5 cm³/mol. The van der Waals surface area contributed by atoms with Gasteiger partial charge in [-0.2, -0.15) is 0 Å². The summed E-state index contributed by atoms with van der Waals surface area (Å²) in [6.45, 7) is 2.42. The highest BCUT2D eigenvalue weighted by Gasteiger charge is 2.06. The average molecular weight is 300 g/mol. The normalized spacial score (nSPS) is 11.1. The number of methoxy groups -OCH3 is 2. The number of aryl methyl sites for hydroxylation is 1. The van der Waals surface area contributed by atoms with Crippen molar-refractivity contribution in [2.24, 2.45) is 10.7 Å². The van der Waals surface area contributed by atoms with Gasteiger partial charge in [-0.15, -0.1) is 0 Å². The Morgan fingerprint density at radius 2 is 2.05 bits per heavy atom. The molecule has 0 aliphatic carbocycles. The van der Waals surface area contributed by atoms with E-state index in [4.69, 9.17) is 15.2 Å². The monoisotopic (exact) mass is 300 g/mol. The van der Waals surface area contributed by atoms with Gasteiger partial charge in [0.15, 0.2) is 5.96 Å². The lowest BCUT2D eigenvalue weighted by Crippen LogP contribution is -2.23. The number of guanidine groups is 1. The third-order valence-corrected chi connectivity index (χ3v) is 3.06. The molecule has 1 heterocycles. The summed E-state index contributed by atoms with van der Waals surface area (Å²) in [7, 11) is 3.20. The Hall–Kier alpha value is -2.76. The molecule has 0 saturated heterocycles. The summed E-state index contributed by atoms with van der Waals surface area (Å²) >= 11 is 0. The first-order valence-electron chi connectivity index (χ1n) is 6.83. The molecule has 0 aliphatic rings. The van der Waals surface area contributed by atoms with E-state index in [2.05, 4.69) is 15.3 Å². The fourth-order valence-electron chi connectivity index (χ4n) is 1.97. The Balaban J connectivity index is 2.10. The van der Waals surface area contributed by atoms with Gasteiger partial charge in [-0.3, -0.25) is 4.98 Å². The van der Waals surface area contributed by atoms with Gasteiger partial charge in [-0.05, 0) is 36.8 Å². The Bertz CT molecular complexity index is 671. The van der Waals surface area contributed by atoms with Crippen LogP contribution < -0.4 is 20.5 Å². The molecule has 0 radical (unpaired) electrons. The minimum atomic E-state index is 0.306. The lowest BCUT2D eigenvalue weighted by molar-refractivity contribution is 0.405. The number of benzene rings is 1. The van der Waals surface area contributed by atoms with E-state index in [0.717, 1.165) is 11.3 Å². The number of pyridine rings is 1. The molecule has 0 fully saturated rings. The SMILES string of the molecule is COc1ccc(OC)c(NC(N)=NCc2ccnc(C)c2)c1. The fourth-order valence-corrected chi connectivity index (χ4v) is 1.97. The third kappa shape index (κ3) is 4.12. The van der Waals surface area contributed by atoms with E-state index in [-0.39, 0.29) is 0 Å². The molecule has 0 aliphatic heterocycles. The second-order valence-electron chi connectivity index (χ2n) is 4.70. The second-order valence-corrected chi connectivity index (χ2v) is 4.70. The lowest BCUT2D eigenvalue weighted by Gasteiger charge is -2.12. The summed E-state index contributed by atoms with van der Waals surface area (Å²) in [4.78, 5) is 8.47. The van der Waals surface area contributed by atoms with Gasteiger partial charge in [-0.1, -0.05) is 0 Å². The van der Waals surface area contributed by atoms with Crippen LogP contribution in [0.25, 0.3) is 0 Å². The molecule has 0 saturated carbocycles. The second kappa shape index (κ2) is 7.31. The van der Waals surface area contributed by atoms with Crippen molar-refractivity contribution in [3.05, 3.63) is 47.8 Å². The highest BCUT2D eigenvalue weighted by molar-refractivity contribution is 5.94. The van der Waals surface area contributed by atoms with E-state index in [9.17, 15) is 0 Å². The van der Waals surface area contributed by atoms with Gasteiger partial charge < -0.3 is 20.5 Å². The molecule has 22 heavy (non-hydrogen) atoms. The number of aromatic nitrogens is 1. The molecule has 1 aromatic carbocycles. The van der Waals surface area contributed by atoms with Crippen LogP contribution in [0, 0.1) is 6.92 Å². The van der Waals surface area contributed by atoms with Gasteiger partial charge in [-0.25, -0.2) is 4.99 Å². The van der Waals surface area contributed by atoms with E-state index in [1.807, 2.05) is 25.1 Å². The molecule has 116 valence electrons. The van der Waals surface area contributed by atoms with E-state index in [1.165, 1.54) is 0 Å². The molecule has 0 atom stereocenters. The molecule has 3 N–H and O–H groups in total. The zero-order chi connectivity index (χ0) is 15.9. The number of nitrogens with zero attached hydrogens (tertiary/aromatic N) is 2. The quantitative estimate of drug-likeness (QED) is 0.654. The first kappa shape index (κ1) is 15.6. The summed E-state index contributed by atoms with van der Waals surface area (Å²) < 4.78 is 10.5. The van der Waals surface area contributed by atoms with Crippen LogP contribution in [0.15, 0.2) is 41.5 Å². The van der Waals surface area contributed by atoms with Crippen molar-refractivity contribution in [2.45, 2.75) is 13.5 Å². The van der Waals surface area contributed by atoms with E-state index >= 15 is 0 Å². The van der Waals surface area contributed by atoms with Crippen LogP contribution >= 0.6 is 0 Å². The first-order chi connectivity index (χ1) is 10.6. The van der Waals surface area contributed by atoms with Crippen LogP contribution in [0.2, 0.25) is 0 Å². The summed E-state index contributed by atoms with van der Waals surface area (Å²) in [6, 6.07) is 9.31. The van der Waals surface area contributed by atoms with Crippen molar-refractivity contribution in [3.63, 3.8) is 0 Å². The predicted octanol–water partition coefficient (Wildman–Crippen LogP) is 2.33. The van der Waals surface area contributed by atoms with Crippen molar-refractivity contribution in [1.29, 1.82) is 0 Å². The molecule has 0 spiro atoms.